The van der Waals surface area contributed by atoms with Crippen LogP contribution in [0, 0.1) is 0 Å². The molecule has 1 heterocycles. The van der Waals surface area contributed by atoms with Crippen LogP contribution in [-0.2, 0) is 6.42 Å². The number of hydrogen-bond donors (Lipinski definition) is 0. The smallest absolute Gasteiger partial charge is 0.343 e. The number of carbonyl (C=O) groups excluding carboxylic acids is 1. The molecule has 0 saturated heterocycles. The number of halogens is 1. The Kier molecular flexibility index (Phi) is 13.1. The standard InChI is InChI=1S/C32H41ClN2O3/c1-3-5-7-9-10-11-13-21-37-30-20-17-27(22-29(30)33)32(36)38-28-18-15-26(16-19-28)31-34-23-25(24-35-31)14-12-8-6-4-2/h15-20,22-24H,3-14,21H2,1-2H3. The van der Waals surface area contributed by atoms with Gasteiger partial charge in [-0.15, -0.1) is 0 Å². The molecule has 0 N–H and O–H groups in total. The van der Waals surface area contributed by atoms with Crippen molar-refractivity contribution in [3.63, 3.8) is 0 Å². The molecule has 0 unspecified atom stereocenters. The number of unbranched alkanes of at least 4 members (excludes halogenated alkanes) is 9. The molecule has 3 rings (SSSR count). The van der Waals surface area contributed by atoms with Crippen molar-refractivity contribution in [2.45, 2.75) is 90.9 Å². The van der Waals surface area contributed by atoms with E-state index in [9.17, 15) is 4.79 Å². The molecule has 0 aliphatic rings. The van der Waals surface area contributed by atoms with Crippen LogP contribution in [0.1, 0.15) is 100 Å². The molecule has 0 aliphatic heterocycles. The fourth-order valence-corrected chi connectivity index (χ4v) is 4.45. The van der Waals surface area contributed by atoms with Gasteiger partial charge in [-0.1, -0.05) is 83.2 Å². The zero-order chi connectivity index (χ0) is 27.0. The highest BCUT2D eigenvalue weighted by molar-refractivity contribution is 6.32. The minimum atomic E-state index is -0.470. The Hall–Kier alpha value is -2.92. The number of benzene rings is 2. The van der Waals surface area contributed by atoms with Crippen LogP contribution in [-0.4, -0.2) is 22.5 Å². The SMILES string of the molecule is CCCCCCCCCOc1ccc(C(=O)Oc2ccc(-c3ncc(CCCCCC)cn3)cc2)cc1Cl. The minimum Gasteiger partial charge on any atom is -0.492 e. The average molecular weight is 537 g/mol. The Balaban J connectivity index is 1.45. The molecule has 0 bridgehead atoms. The number of ether oxygens (including phenoxy) is 2. The molecule has 0 saturated carbocycles. The number of nitrogens with zero attached hydrogens (tertiary/aromatic N) is 2. The van der Waals surface area contributed by atoms with Gasteiger partial charge >= 0.3 is 5.97 Å². The lowest BCUT2D eigenvalue weighted by atomic mass is 10.1. The van der Waals surface area contributed by atoms with E-state index >= 15 is 0 Å². The van der Waals surface area contributed by atoms with Gasteiger partial charge in [-0.2, -0.15) is 0 Å². The summed E-state index contributed by atoms with van der Waals surface area (Å²) in [6.07, 6.45) is 18.3. The quantitative estimate of drug-likeness (QED) is 0.0976. The normalized spacial score (nSPS) is 10.9. The first-order valence-corrected chi connectivity index (χ1v) is 14.5. The van der Waals surface area contributed by atoms with Crippen molar-refractivity contribution in [3.8, 4) is 22.9 Å². The predicted molar refractivity (Wildman–Crippen MR) is 155 cm³/mol. The number of esters is 1. The summed E-state index contributed by atoms with van der Waals surface area (Å²) in [6, 6.07) is 12.2. The van der Waals surface area contributed by atoms with Gasteiger partial charge in [0, 0.05) is 18.0 Å². The van der Waals surface area contributed by atoms with Gasteiger partial charge in [-0.25, -0.2) is 14.8 Å². The Morgan fingerprint density at radius 1 is 0.789 bits per heavy atom. The van der Waals surface area contributed by atoms with E-state index in [0.717, 1.165) is 36.8 Å². The van der Waals surface area contributed by atoms with Crippen molar-refractivity contribution in [2.75, 3.05) is 6.61 Å². The topological polar surface area (TPSA) is 61.3 Å². The molecule has 1 aromatic heterocycles. The zero-order valence-corrected chi connectivity index (χ0v) is 23.6. The fraction of sp³-hybridized carbons (Fsp3) is 0.469. The second-order valence-corrected chi connectivity index (χ2v) is 10.2. The van der Waals surface area contributed by atoms with E-state index in [4.69, 9.17) is 21.1 Å². The average Bonchev–Trinajstić information content (AvgIpc) is 2.94. The zero-order valence-electron chi connectivity index (χ0n) is 22.9. The van der Waals surface area contributed by atoms with Gasteiger partial charge in [0.2, 0.25) is 0 Å². The molecule has 0 amide bonds. The largest absolute Gasteiger partial charge is 0.492 e. The summed E-state index contributed by atoms with van der Waals surface area (Å²) < 4.78 is 11.4. The highest BCUT2D eigenvalue weighted by atomic mass is 35.5. The first-order valence-electron chi connectivity index (χ1n) is 14.2. The molecule has 38 heavy (non-hydrogen) atoms. The van der Waals surface area contributed by atoms with Gasteiger partial charge in [0.25, 0.3) is 0 Å². The number of rotatable bonds is 17. The van der Waals surface area contributed by atoms with Crippen LogP contribution in [0.25, 0.3) is 11.4 Å². The monoisotopic (exact) mass is 536 g/mol. The molecular formula is C32H41ClN2O3. The van der Waals surface area contributed by atoms with Crippen LogP contribution in [0.2, 0.25) is 5.02 Å². The van der Waals surface area contributed by atoms with E-state index in [0.29, 0.717) is 34.5 Å². The number of aromatic nitrogens is 2. The molecule has 204 valence electrons. The van der Waals surface area contributed by atoms with Crippen LogP contribution in [0.15, 0.2) is 54.9 Å². The van der Waals surface area contributed by atoms with Gasteiger partial charge in [-0.3, -0.25) is 0 Å². The Bertz CT molecular complexity index is 1100. The molecular weight excluding hydrogens is 496 g/mol. The van der Waals surface area contributed by atoms with Gasteiger partial charge in [0.05, 0.1) is 17.2 Å². The summed E-state index contributed by atoms with van der Waals surface area (Å²) in [4.78, 5) is 21.7. The predicted octanol–water partition coefficient (Wildman–Crippen LogP) is 9.27. The fourth-order valence-electron chi connectivity index (χ4n) is 4.21. The molecule has 2 aromatic carbocycles. The van der Waals surface area contributed by atoms with E-state index in [2.05, 4.69) is 23.8 Å². The number of carbonyl (C=O) groups is 1. The van der Waals surface area contributed by atoms with Crippen molar-refractivity contribution >= 4 is 17.6 Å². The van der Waals surface area contributed by atoms with Gasteiger partial charge < -0.3 is 9.47 Å². The van der Waals surface area contributed by atoms with Crippen molar-refractivity contribution in [2.24, 2.45) is 0 Å². The maximum absolute atomic E-state index is 12.7. The highest BCUT2D eigenvalue weighted by Gasteiger charge is 2.13. The van der Waals surface area contributed by atoms with Crippen molar-refractivity contribution in [3.05, 3.63) is 71.0 Å². The van der Waals surface area contributed by atoms with E-state index in [-0.39, 0.29) is 0 Å². The van der Waals surface area contributed by atoms with Crippen LogP contribution < -0.4 is 9.47 Å². The summed E-state index contributed by atoms with van der Waals surface area (Å²) >= 11 is 6.37. The maximum atomic E-state index is 12.7. The molecule has 5 nitrogen and oxygen atoms in total. The molecule has 3 aromatic rings. The van der Waals surface area contributed by atoms with E-state index < -0.39 is 5.97 Å². The lowest BCUT2D eigenvalue weighted by Crippen LogP contribution is -2.08. The van der Waals surface area contributed by atoms with E-state index in [1.54, 1.807) is 30.3 Å². The maximum Gasteiger partial charge on any atom is 0.343 e. The molecule has 0 spiro atoms. The number of aryl methyl sites for hydroxylation is 1. The molecule has 0 fully saturated rings. The Morgan fingerprint density at radius 2 is 1.42 bits per heavy atom. The first kappa shape index (κ1) is 29.6. The third kappa shape index (κ3) is 10.1. The third-order valence-corrected chi connectivity index (χ3v) is 6.82. The molecule has 6 heteroatoms. The van der Waals surface area contributed by atoms with Crippen molar-refractivity contribution in [1.82, 2.24) is 9.97 Å². The second-order valence-electron chi connectivity index (χ2n) is 9.75. The van der Waals surface area contributed by atoms with Crippen molar-refractivity contribution < 1.29 is 14.3 Å². The second kappa shape index (κ2) is 16.8. The van der Waals surface area contributed by atoms with Crippen LogP contribution in [0.4, 0.5) is 0 Å². The van der Waals surface area contributed by atoms with Crippen LogP contribution >= 0.6 is 11.6 Å². The lowest BCUT2D eigenvalue weighted by molar-refractivity contribution is 0.0734. The Labute approximate surface area is 233 Å². The Morgan fingerprint density at radius 3 is 2.08 bits per heavy atom. The third-order valence-electron chi connectivity index (χ3n) is 6.52. The molecule has 0 radical (unpaired) electrons. The summed E-state index contributed by atoms with van der Waals surface area (Å²) in [5.74, 6) is 1.22. The highest BCUT2D eigenvalue weighted by Crippen LogP contribution is 2.27. The summed E-state index contributed by atoms with van der Waals surface area (Å²) in [5, 5.41) is 0.406. The van der Waals surface area contributed by atoms with E-state index in [1.165, 1.54) is 51.4 Å². The summed E-state index contributed by atoms with van der Waals surface area (Å²) in [7, 11) is 0. The minimum absolute atomic E-state index is 0.375. The summed E-state index contributed by atoms with van der Waals surface area (Å²) in [5.41, 5.74) is 2.40. The molecule has 0 atom stereocenters. The van der Waals surface area contributed by atoms with E-state index in [1.807, 2.05) is 24.5 Å². The van der Waals surface area contributed by atoms with Crippen LogP contribution in [0.5, 0.6) is 11.5 Å². The van der Waals surface area contributed by atoms with Gasteiger partial charge in [0.1, 0.15) is 11.5 Å². The van der Waals surface area contributed by atoms with Crippen molar-refractivity contribution in [1.29, 1.82) is 0 Å². The van der Waals surface area contributed by atoms with Gasteiger partial charge in [0.15, 0.2) is 5.82 Å². The number of hydrogen-bond acceptors (Lipinski definition) is 5. The summed E-state index contributed by atoms with van der Waals surface area (Å²) in [6.45, 7) is 5.06. The lowest BCUT2D eigenvalue weighted by Gasteiger charge is -2.10. The first-order chi connectivity index (χ1) is 18.6. The van der Waals surface area contributed by atoms with Gasteiger partial charge in [-0.05, 0) is 67.3 Å². The molecule has 0 aliphatic carbocycles. The van der Waals surface area contributed by atoms with Crippen LogP contribution in [0.3, 0.4) is 0 Å².